The fraction of sp³-hybridized carbons (Fsp3) is 0.200. The molecule has 0 saturated carbocycles. The summed E-state index contributed by atoms with van der Waals surface area (Å²) >= 11 is 0.925. The van der Waals surface area contributed by atoms with Crippen molar-refractivity contribution >= 4 is 34.3 Å². The Morgan fingerprint density at radius 1 is 1.44 bits per heavy atom. The van der Waals surface area contributed by atoms with Gasteiger partial charge in [-0.05, 0) is 11.6 Å². The third-order valence-corrected chi connectivity index (χ3v) is 3.33. The SMILES string of the molecule is Nc1ccc(CN2C(=O)CSC2=O)cc1[N+](=O)[O-]. The molecule has 0 spiro atoms. The van der Waals surface area contributed by atoms with Crippen molar-refractivity contribution in [2.24, 2.45) is 0 Å². The number of nitro groups is 1. The summed E-state index contributed by atoms with van der Waals surface area (Å²) in [7, 11) is 0. The first-order valence-electron chi connectivity index (χ1n) is 4.99. The lowest BCUT2D eigenvalue weighted by molar-refractivity contribution is -0.384. The molecule has 94 valence electrons. The van der Waals surface area contributed by atoms with Crippen molar-refractivity contribution in [3.63, 3.8) is 0 Å². The fourth-order valence-corrected chi connectivity index (χ4v) is 2.29. The van der Waals surface area contributed by atoms with Crippen LogP contribution in [0.25, 0.3) is 0 Å². The highest BCUT2D eigenvalue weighted by atomic mass is 32.2. The predicted octanol–water partition coefficient (Wildman–Crippen LogP) is 1.37. The lowest BCUT2D eigenvalue weighted by Crippen LogP contribution is -2.27. The lowest BCUT2D eigenvalue weighted by Gasteiger charge is -2.12. The Morgan fingerprint density at radius 2 is 2.17 bits per heavy atom. The number of hydrogen-bond acceptors (Lipinski definition) is 6. The van der Waals surface area contributed by atoms with E-state index < -0.39 is 4.92 Å². The molecule has 2 amide bonds. The minimum absolute atomic E-state index is 0.0335. The second kappa shape index (κ2) is 4.65. The van der Waals surface area contributed by atoms with Crippen LogP contribution in [-0.4, -0.2) is 26.7 Å². The van der Waals surface area contributed by atoms with Crippen molar-refractivity contribution < 1.29 is 14.5 Å². The summed E-state index contributed by atoms with van der Waals surface area (Å²) in [5, 5.41) is 10.4. The lowest BCUT2D eigenvalue weighted by atomic mass is 10.1. The molecule has 2 N–H and O–H groups in total. The summed E-state index contributed by atoms with van der Waals surface area (Å²) in [5.74, 6) is -0.167. The molecule has 0 aliphatic carbocycles. The third kappa shape index (κ3) is 2.28. The van der Waals surface area contributed by atoms with Gasteiger partial charge in [0.15, 0.2) is 0 Å². The van der Waals surface area contributed by atoms with Crippen LogP contribution in [0.2, 0.25) is 0 Å². The first kappa shape index (κ1) is 12.4. The van der Waals surface area contributed by atoms with Crippen LogP contribution in [0.1, 0.15) is 5.56 Å². The normalized spacial score (nSPS) is 15.2. The molecule has 1 aromatic carbocycles. The van der Waals surface area contributed by atoms with Gasteiger partial charge in [0.2, 0.25) is 5.91 Å². The van der Waals surface area contributed by atoms with Gasteiger partial charge in [-0.1, -0.05) is 17.8 Å². The van der Waals surface area contributed by atoms with Crippen LogP contribution < -0.4 is 5.73 Å². The number of carbonyl (C=O) groups is 2. The molecular weight excluding hydrogens is 258 g/mol. The molecule has 1 aromatic rings. The van der Waals surface area contributed by atoms with E-state index in [1.807, 2.05) is 0 Å². The van der Waals surface area contributed by atoms with Crippen molar-refractivity contribution in [2.45, 2.75) is 6.54 Å². The zero-order valence-electron chi connectivity index (χ0n) is 9.16. The topological polar surface area (TPSA) is 107 Å². The molecule has 7 nitrogen and oxygen atoms in total. The minimum Gasteiger partial charge on any atom is -0.393 e. The number of imide groups is 1. The number of nitrogen functional groups attached to an aromatic ring is 1. The van der Waals surface area contributed by atoms with Gasteiger partial charge in [0.1, 0.15) is 5.69 Å². The number of amides is 2. The maximum Gasteiger partial charge on any atom is 0.292 e. The molecule has 8 heteroatoms. The minimum atomic E-state index is -0.596. The molecule has 0 radical (unpaired) electrons. The molecule has 1 saturated heterocycles. The van der Waals surface area contributed by atoms with Gasteiger partial charge in [-0.2, -0.15) is 0 Å². The summed E-state index contributed by atoms with van der Waals surface area (Å²) in [5.41, 5.74) is 5.79. The van der Waals surface area contributed by atoms with E-state index in [0.717, 1.165) is 16.7 Å². The number of rotatable bonds is 3. The second-order valence-corrected chi connectivity index (χ2v) is 4.61. The van der Waals surface area contributed by atoms with Gasteiger partial charge in [0, 0.05) is 6.07 Å². The van der Waals surface area contributed by atoms with Crippen LogP contribution in [0.5, 0.6) is 0 Å². The molecule has 2 rings (SSSR count). The molecule has 1 aliphatic heterocycles. The molecule has 0 atom stereocenters. The molecule has 1 aliphatic rings. The maximum absolute atomic E-state index is 11.4. The van der Waals surface area contributed by atoms with Crippen LogP contribution in [0.15, 0.2) is 18.2 Å². The van der Waals surface area contributed by atoms with Gasteiger partial charge < -0.3 is 5.73 Å². The van der Waals surface area contributed by atoms with Gasteiger partial charge in [-0.3, -0.25) is 24.6 Å². The Kier molecular flexibility index (Phi) is 3.19. The number of hydrogen-bond donors (Lipinski definition) is 1. The standard InChI is InChI=1S/C10H9N3O4S/c11-7-2-1-6(3-8(7)13(16)17)4-12-9(14)5-18-10(12)15/h1-3H,4-5,11H2. The highest BCUT2D eigenvalue weighted by Gasteiger charge is 2.30. The number of carbonyl (C=O) groups excluding carboxylic acids is 2. The van der Waals surface area contributed by atoms with Crippen molar-refractivity contribution in [3.05, 3.63) is 33.9 Å². The van der Waals surface area contributed by atoms with Crippen molar-refractivity contribution in [3.8, 4) is 0 Å². The molecule has 0 unspecified atom stereocenters. The largest absolute Gasteiger partial charge is 0.393 e. The average molecular weight is 267 g/mol. The molecule has 0 aromatic heterocycles. The van der Waals surface area contributed by atoms with Gasteiger partial charge in [-0.15, -0.1) is 0 Å². The van der Waals surface area contributed by atoms with Crippen molar-refractivity contribution in [1.82, 2.24) is 4.90 Å². The van der Waals surface area contributed by atoms with Crippen LogP contribution >= 0.6 is 11.8 Å². The molecular formula is C10H9N3O4S. The first-order valence-corrected chi connectivity index (χ1v) is 5.97. The third-order valence-electron chi connectivity index (χ3n) is 2.47. The molecule has 1 heterocycles. The Morgan fingerprint density at radius 3 is 2.72 bits per heavy atom. The summed E-state index contributed by atoms with van der Waals surface area (Å²) in [6, 6.07) is 4.23. The fourth-order valence-electron chi connectivity index (χ4n) is 1.56. The van der Waals surface area contributed by atoms with E-state index in [1.54, 1.807) is 6.07 Å². The van der Waals surface area contributed by atoms with Crippen LogP contribution in [0, 0.1) is 10.1 Å². The van der Waals surface area contributed by atoms with Gasteiger partial charge in [0.25, 0.3) is 10.9 Å². The number of nitrogens with two attached hydrogens (primary N) is 1. The monoisotopic (exact) mass is 267 g/mol. The Bertz CT molecular complexity index is 530. The number of thioether (sulfide) groups is 1. The van der Waals surface area contributed by atoms with Gasteiger partial charge in [0.05, 0.1) is 17.2 Å². The zero-order valence-corrected chi connectivity index (χ0v) is 9.98. The van der Waals surface area contributed by atoms with Crippen LogP contribution in [-0.2, 0) is 11.3 Å². The Balaban J connectivity index is 2.24. The average Bonchev–Trinajstić information content (AvgIpc) is 2.63. The van der Waals surface area contributed by atoms with E-state index in [9.17, 15) is 19.7 Å². The molecule has 1 fully saturated rings. The summed E-state index contributed by atoms with van der Waals surface area (Å²) < 4.78 is 0. The highest BCUT2D eigenvalue weighted by Crippen LogP contribution is 2.26. The van der Waals surface area contributed by atoms with Gasteiger partial charge in [-0.25, -0.2) is 0 Å². The Hall–Kier alpha value is -2.09. The number of nitro benzene ring substituents is 1. The number of anilines is 1. The van der Waals surface area contributed by atoms with Crippen molar-refractivity contribution in [2.75, 3.05) is 11.5 Å². The maximum atomic E-state index is 11.4. The number of benzene rings is 1. The van der Waals surface area contributed by atoms with E-state index >= 15 is 0 Å². The quantitative estimate of drug-likeness (QED) is 0.503. The van der Waals surface area contributed by atoms with Gasteiger partial charge >= 0.3 is 0 Å². The van der Waals surface area contributed by atoms with Crippen molar-refractivity contribution in [1.29, 1.82) is 0 Å². The summed E-state index contributed by atoms with van der Waals surface area (Å²) in [4.78, 5) is 34.0. The molecule has 18 heavy (non-hydrogen) atoms. The predicted molar refractivity (Wildman–Crippen MR) is 65.9 cm³/mol. The summed E-state index contributed by atoms with van der Waals surface area (Å²) in [6.07, 6.45) is 0. The molecule has 0 bridgehead atoms. The smallest absolute Gasteiger partial charge is 0.292 e. The Labute approximate surface area is 106 Å². The van der Waals surface area contributed by atoms with E-state index in [4.69, 9.17) is 5.73 Å². The summed E-state index contributed by atoms with van der Waals surface area (Å²) in [6.45, 7) is 0.0335. The number of nitrogens with zero attached hydrogens (tertiary/aromatic N) is 2. The highest BCUT2D eigenvalue weighted by molar-refractivity contribution is 8.14. The second-order valence-electron chi connectivity index (χ2n) is 3.68. The van der Waals surface area contributed by atoms with Crippen LogP contribution in [0.3, 0.4) is 0 Å². The van der Waals surface area contributed by atoms with E-state index in [0.29, 0.717) is 5.56 Å². The zero-order chi connectivity index (χ0) is 13.3. The van der Waals surface area contributed by atoms with E-state index in [-0.39, 0.29) is 34.8 Å². The van der Waals surface area contributed by atoms with E-state index in [1.165, 1.54) is 12.1 Å². The first-order chi connectivity index (χ1) is 8.49. The van der Waals surface area contributed by atoms with Crippen LogP contribution in [0.4, 0.5) is 16.2 Å². The van der Waals surface area contributed by atoms with E-state index in [2.05, 4.69) is 0 Å².